The molecule has 9 rings (SSSR count). The van der Waals surface area contributed by atoms with Gasteiger partial charge in [0.2, 0.25) is 0 Å². The topological polar surface area (TPSA) is 43.9 Å². The van der Waals surface area contributed by atoms with Gasteiger partial charge in [0.05, 0.1) is 22.5 Å². The molecule has 55 heavy (non-hydrogen) atoms. The minimum atomic E-state index is -2.09. The fourth-order valence-corrected chi connectivity index (χ4v) is 6.77. The molecular weight excluding hydrogens is 851 g/mol. The van der Waals surface area contributed by atoms with E-state index in [0.29, 0.717) is 0 Å². The maximum absolute atomic E-state index is 7.23. The molecule has 3 heterocycles. The van der Waals surface area contributed by atoms with E-state index < -0.39 is 6.85 Å². The third-order valence-corrected chi connectivity index (χ3v) is 9.58. The Kier molecular flexibility index (Phi) is 10.0. The van der Waals surface area contributed by atoms with E-state index in [4.69, 9.17) is 13.5 Å². The second-order valence-corrected chi connectivity index (χ2v) is 13.2. The number of fused-ring (bicyclic) bond motifs is 2. The van der Waals surface area contributed by atoms with Crippen molar-refractivity contribution in [3.05, 3.63) is 193 Å². The normalized spacial score (nSPS) is 12.3. The molecule has 1 radical (unpaired) electrons. The average Bonchev–Trinajstić information content (AvgIpc) is 3.85. The number of para-hydroxylation sites is 2. The number of rotatable bonds is 6. The van der Waals surface area contributed by atoms with Crippen molar-refractivity contribution in [1.29, 1.82) is 0 Å². The van der Waals surface area contributed by atoms with Crippen LogP contribution >= 0.6 is 0 Å². The van der Waals surface area contributed by atoms with Crippen molar-refractivity contribution >= 4 is 27.6 Å². The minimum Gasteiger partial charge on any atom is -0.557 e. The third kappa shape index (κ3) is 7.63. The predicted molar refractivity (Wildman–Crippen MR) is 223 cm³/mol. The molecule has 0 aliphatic heterocycles. The van der Waals surface area contributed by atoms with Crippen molar-refractivity contribution in [3.63, 3.8) is 0 Å². The van der Waals surface area contributed by atoms with Gasteiger partial charge < -0.3 is 14.0 Å². The number of pyridine rings is 1. The van der Waals surface area contributed by atoms with E-state index in [0.717, 1.165) is 78.2 Å². The number of imidazole rings is 1. The monoisotopic (exact) mass is 893 g/mol. The van der Waals surface area contributed by atoms with Crippen LogP contribution in [0.5, 0.6) is 0 Å². The van der Waals surface area contributed by atoms with Crippen molar-refractivity contribution in [1.82, 2.24) is 14.5 Å². The van der Waals surface area contributed by atoms with E-state index >= 15 is 0 Å². The number of hydrogen-bond acceptors (Lipinski definition) is 3. The first-order chi connectivity index (χ1) is 27.7. The molecule has 0 saturated carbocycles. The summed E-state index contributed by atoms with van der Waals surface area (Å²) in [5.41, 5.74) is 14.7. The molecule has 0 saturated heterocycles. The van der Waals surface area contributed by atoms with Gasteiger partial charge in [0.25, 0.3) is 0 Å². The fourth-order valence-electron chi connectivity index (χ4n) is 6.77. The van der Waals surface area contributed by atoms with E-state index in [1.807, 2.05) is 30.3 Å². The molecule has 0 fully saturated rings. The summed E-state index contributed by atoms with van der Waals surface area (Å²) in [4.78, 5) is 9.35. The first-order valence-electron chi connectivity index (χ1n) is 19.4. The SMILES string of the molecule is C/C=C(/C)c1ccc2o[c-]c(-c3nc4ccccc4n3-c3c(-c4ccccc4)cc(C)cc3-c3ccccc3)c2c1.[2H]C([2H])([2H])c1ccc(-c2[c-]cccc2)nc1.[Ir]. The van der Waals surface area contributed by atoms with Crippen molar-refractivity contribution in [2.45, 2.75) is 27.6 Å². The van der Waals surface area contributed by atoms with Crippen LogP contribution in [-0.2, 0) is 20.1 Å². The molecule has 0 bridgehead atoms. The van der Waals surface area contributed by atoms with Crippen LogP contribution < -0.4 is 0 Å². The van der Waals surface area contributed by atoms with Crippen LogP contribution in [0.3, 0.4) is 0 Å². The number of allylic oxidation sites excluding steroid dienone is 2. The number of benzene rings is 6. The predicted octanol–water partition coefficient (Wildman–Crippen LogP) is 13.2. The number of aryl methyl sites for hydroxylation is 2. The maximum Gasteiger partial charge on any atom is 0.0774 e. The summed E-state index contributed by atoms with van der Waals surface area (Å²) in [5, 5.41) is 0.995. The first kappa shape index (κ1) is 33.4. The quantitative estimate of drug-likeness (QED) is 0.156. The molecule has 3 aromatic heterocycles. The van der Waals surface area contributed by atoms with Crippen LogP contribution in [0, 0.1) is 26.1 Å². The Labute approximate surface area is 340 Å². The van der Waals surface area contributed by atoms with E-state index in [1.54, 1.807) is 18.2 Å². The maximum atomic E-state index is 7.23. The number of aromatic nitrogens is 3. The van der Waals surface area contributed by atoms with Gasteiger partial charge in [0.1, 0.15) is 0 Å². The Balaban J connectivity index is 0.000000254. The van der Waals surface area contributed by atoms with Crippen molar-refractivity contribution in [2.24, 2.45) is 0 Å². The average molecular weight is 893 g/mol. The molecular formula is C50H39IrN3O-2. The Morgan fingerprint density at radius 1 is 0.764 bits per heavy atom. The van der Waals surface area contributed by atoms with E-state index in [1.165, 1.54) is 17.3 Å². The van der Waals surface area contributed by atoms with E-state index in [9.17, 15) is 0 Å². The summed E-state index contributed by atoms with van der Waals surface area (Å²) in [6.07, 6.45) is 6.76. The van der Waals surface area contributed by atoms with Crippen LogP contribution in [0.2, 0.25) is 0 Å². The summed E-state index contributed by atoms with van der Waals surface area (Å²) in [6.45, 7) is 4.27. The molecule has 9 aromatic rings. The van der Waals surface area contributed by atoms with Crippen LogP contribution in [0.25, 0.3) is 78.2 Å². The summed E-state index contributed by atoms with van der Waals surface area (Å²) >= 11 is 0. The Morgan fingerprint density at radius 3 is 2.09 bits per heavy atom. The molecule has 0 aliphatic carbocycles. The molecule has 0 atom stereocenters. The van der Waals surface area contributed by atoms with Gasteiger partial charge in [-0.05, 0) is 91.0 Å². The third-order valence-electron chi connectivity index (χ3n) is 9.58. The van der Waals surface area contributed by atoms with Crippen molar-refractivity contribution in [2.75, 3.05) is 0 Å². The molecule has 0 aliphatic rings. The minimum absolute atomic E-state index is 0. The van der Waals surface area contributed by atoms with Gasteiger partial charge in [-0.2, -0.15) is 0 Å². The van der Waals surface area contributed by atoms with Gasteiger partial charge in [0.15, 0.2) is 0 Å². The second-order valence-electron chi connectivity index (χ2n) is 13.2. The molecule has 271 valence electrons. The van der Waals surface area contributed by atoms with Crippen LogP contribution in [0.1, 0.15) is 34.7 Å². The fraction of sp³-hybridized carbons (Fsp3) is 0.0800. The largest absolute Gasteiger partial charge is 0.557 e. The molecule has 0 unspecified atom stereocenters. The zero-order valence-electron chi connectivity index (χ0n) is 33.7. The number of hydrogen-bond donors (Lipinski definition) is 0. The Morgan fingerprint density at radius 2 is 1.45 bits per heavy atom. The summed E-state index contributed by atoms with van der Waals surface area (Å²) < 4.78 is 30.0. The van der Waals surface area contributed by atoms with Gasteiger partial charge in [-0.15, -0.1) is 35.9 Å². The second kappa shape index (κ2) is 16.5. The van der Waals surface area contributed by atoms with Crippen LogP contribution in [-0.4, -0.2) is 14.5 Å². The molecule has 4 nitrogen and oxygen atoms in total. The van der Waals surface area contributed by atoms with Gasteiger partial charge >= 0.3 is 0 Å². The summed E-state index contributed by atoms with van der Waals surface area (Å²) in [6, 6.07) is 54.2. The summed E-state index contributed by atoms with van der Waals surface area (Å²) in [7, 11) is 0. The smallest absolute Gasteiger partial charge is 0.0774 e. The van der Waals surface area contributed by atoms with Gasteiger partial charge in [-0.1, -0.05) is 120 Å². The van der Waals surface area contributed by atoms with E-state index in [-0.39, 0.29) is 25.7 Å². The van der Waals surface area contributed by atoms with Crippen LogP contribution in [0.15, 0.2) is 168 Å². The zero-order chi connectivity index (χ0) is 39.5. The van der Waals surface area contributed by atoms with Gasteiger partial charge in [-0.25, -0.2) is 0 Å². The number of nitrogens with zero attached hydrogens (tertiary/aromatic N) is 3. The number of furan rings is 1. The Bertz CT molecular complexity index is 2780. The van der Waals surface area contributed by atoms with Gasteiger partial charge in [-0.3, -0.25) is 4.98 Å². The molecule has 5 heteroatoms. The summed E-state index contributed by atoms with van der Waals surface area (Å²) in [5.74, 6) is 0.804. The van der Waals surface area contributed by atoms with Crippen molar-refractivity contribution in [3.8, 4) is 50.6 Å². The Hall–Kier alpha value is -6.13. The molecule has 0 amide bonds. The molecule has 0 spiro atoms. The van der Waals surface area contributed by atoms with Crippen LogP contribution in [0.4, 0.5) is 0 Å². The van der Waals surface area contributed by atoms with Gasteiger partial charge in [0, 0.05) is 53.4 Å². The zero-order valence-corrected chi connectivity index (χ0v) is 33.1. The van der Waals surface area contributed by atoms with E-state index in [2.05, 4.69) is 152 Å². The first-order valence-corrected chi connectivity index (χ1v) is 17.9. The molecule has 6 aromatic carbocycles. The van der Waals surface area contributed by atoms with Crippen molar-refractivity contribution < 1.29 is 28.6 Å². The molecule has 0 N–H and O–H groups in total. The standard InChI is InChI=1S/C38H29N2O.C12H10N.Ir/c1-4-26(3)29-19-20-36-32(23-29)33(24-41-36)38-39-34-17-11-12-18-35(34)40(38)37-30(27-13-7-5-8-14-27)21-25(2)22-31(37)28-15-9-6-10-16-28;1-10-7-8-12(13-9-10)11-5-3-2-4-6-11;/h4-23H,1-3H3;2-5,7-9H,1H3;/q2*-1;/b26-4-;;/i;1D3;.